The first-order valence-electron chi connectivity index (χ1n) is 14.0. The largest absolute Gasteiger partial charge is 0.463 e. The second-order valence-electron chi connectivity index (χ2n) is 10.2. The van der Waals surface area contributed by atoms with Gasteiger partial charge in [0, 0.05) is 44.7 Å². The van der Waals surface area contributed by atoms with Gasteiger partial charge in [-0.15, -0.1) is 11.3 Å². The van der Waals surface area contributed by atoms with E-state index >= 15 is 0 Å². The van der Waals surface area contributed by atoms with Crippen molar-refractivity contribution in [3.63, 3.8) is 0 Å². The Bertz CT molecular complexity index is 1820. The van der Waals surface area contributed by atoms with Crippen molar-refractivity contribution >= 4 is 46.2 Å². The highest BCUT2D eigenvalue weighted by Crippen LogP contribution is 2.33. The van der Waals surface area contributed by atoms with E-state index in [1.807, 2.05) is 30.3 Å². The van der Waals surface area contributed by atoms with E-state index in [0.717, 1.165) is 31.3 Å². The number of benzene rings is 2. The molecule has 1 saturated heterocycles. The second-order valence-corrected chi connectivity index (χ2v) is 11.1. The molecule has 0 unspecified atom stereocenters. The van der Waals surface area contributed by atoms with Gasteiger partial charge in [0.2, 0.25) is 17.8 Å². The molecule has 0 N–H and O–H groups in total. The highest BCUT2D eigenvalue weighted by molar-refractivity contribution is 7.13. The summed E-state index contributed by atoms with van der Waals surface area (Å²) in [7, 11) is 0. The van der Waals surface area contributed by atoms with E-state index in [2.05, 4.69) is 4.98 Å². The molecule has 1 aliphatic heterocycles. The molecule has 2 aromatic carbocycles. The fourth-order valence-electron chi connectivity index (χ4n) is 4.89. The molecule has 0 spiro atoms. The zero-order valence-corrected chi connectivity index (χ0v) is 25.9. The number of hydrogen-bond donors (Lipinski definition) is 0. The van der Waals surface area contributed by atoms with Crippen LogP contribution in [0.1, 0.15) is 27.7 Å². The summed E-state index contributed by atoms with van der Waals surface area (Å²) in [5.74, 6) is -2.81. The number of hydrogen-bond acceptors (Lipinski definition) is 14. The van der Waals surface area contributed by atoms with Gasteiger partial charge in [-0.1, -0.05) is 30.3 Å². The zero-order chi connectivity index (χ0) is 33.0. The van der Waals surface area contributed by atoms with Gasteiger partial charge in [-0.25, -0.2) is 4.98 Å². The van der Waals surface area contributed by atoms with E-state index in [1.54, 1.807) is 5.38 Å². The van der Waals surface area contributed by atoms with E-state index < -0.39 is 61.2 Å². The SMILES string of the molecule is CC(=O)OC[C@H]1O[C@@H](Oc2ccc3c(=O)c(-c4csc(-c5ccccc5)n4)coc3c2)[C@H](OC(C)=O)[C@@H](OC(C)=O)[C@@H]1OC(C)=O. The van der Waals surface area contributed by atoms with Crippen molar-refractivity contribution in [1.82, 2.24) is 4.98 Å². The van der Waals surface area contributed by atoms with Gasteiger partial charge in [0.1, 0.15) is 35.3 Å². The lowest BCUT2D eigenvalue weighted by Crippen LogP contribution is -2.63. The average Bonchev–Trinajstić information content (AvgIpc) is 3.49. The van der Waals surface area contributed by atoms with Crippen LogP contribution in [0.5, 0.6) is 5.75 Å². The Morgan fingerprint density at radius 3 is 2.20 bits per heavy atom. The molecule has 0 aliphatic carbocycles. The zero-order valence-electron chi connectivity index (χ0n) is 25.1. The topological polar surface area (TPSA) is 167 Å². The maximum Gasteiger partial charge on any atom is 0.303 e. The molecule has 46 heavy (non-hydrogen) atoms. The maximum atomic E-state index is 13.4. The molecule has 1 fully saturated rings. The predicted molar refractivity (Wildman–Crippen MR) is 162 cm³/mol. The summed E-state index contributed by atoms with van der Waals surface area (Å²) in [6.07, 6.45) is -5.47. The molecular weight excluding hydrogens is 622 g/mol. The number of nitrogens with zero attached hydrogens (tertiary/aromatic N) is 1. The van der Waals surface area contributed by atoms with E-state index in [4.69, 9.17) is 32.8 Å². The van der Waals surface area contributed by atoms with Gasteiger partial charge in [-0.2, -0.15) is 0 Å². The third-order valence-electron chi connectivity index (χ3n) is 6.75. The van der Waals surface area contributed by atoms with Gasteiger partial charge < -0.3 is 32.8 Å². The number of fused-ring (bicyclic) bond motifs is 1. The Kier molecular flexibility index (Phi) is 9.78. The van der Waals surface area contributed by atoms with Crippen molar-refractivity contribution in [1.29, 1.82) is 0 Å². The monoisotopic (exact) mass is 651 g/mol. The van der Waals surface area contributed by atoms with E-state index in [1.165, 1.54) is 42.7 Å². The third-order valence-corrected chi connectivity index (χ3v) is 7.64. The summed E-state index contributed by atoms with van der Waals surface area (Å²) in [5, 5.41) is 2.78. The number of carbonyl (C=O) groups is 4. The Hall–Kier alpha value is -5.08. The summed E-state index contributed by atoms with van der Waals surface area (Å²) in [4.78, 5) is 65.8. The summed E-state index contributed by atoms with van der Waals surface area (Å²) in [6.45, 7) is 4.14. The van der Waals surface area contributed by atoms with E-state index in [9.17, 15) is 24.0 Å². The Labute approximate surface area is 265 Å². The lowest BCUT2D eigenvalue weighted by molar-refractivity contribution is -0.288. The van der Waals surface area contributed by atoms with Crippen molar-refractivity contribution in [3.05, 3.63) is 70.4 Å². The molecule has 0 bridgehead atoms. The van der Waals surface area contributed by atoms with Gasteiger partial charge in [0.05, 0.1) is 16.6 Å². The Balaban J connectivity index is 1.46. The van der Waals surface area contributed by atoms with Gasteiger partial charge >= 0.3 is 23.9 Å². The third kappa shape index (κ3) is 7.41. The summed E-state index contributed by atoms with van der Waals surface area (Å²) >= 11 is 1.40. The van der Waals surface area contributed by atoms with Gasteiger partial charge in [-0.3, -0.25) is 24.0 Å². The van der Waals surface area contributed by atoms with E-state index in [-0.39, 0.29) is 27.7 Å². The van der Waals surface area contributed by atoms with Crippen LogP contribution in [-0.4, -0.2) is 66.2 Å². The van der Waals surface area contributed by atoms with Crippen molar-refractivity contribution in [3.8, 4) is 27.6 Å². The van der Waals surface area contributed by atoms with Crippen molar-refractivity contribution in [2.24, 2.45) is 0 Å². The molecule has 1 aliphatic rings. The molecule has 5 atom stereocenters. The molecule has 0 radical (unpaired) electrons. The molecule has 0 saturated carbocycles. The molecular formula is C32H29NO12S. The first-order chi connectivity index (χ1) is 22.0. The van der Waals surface area contributed by atoms with Gasteiger partial charge in [0.25, 0.3) is 0 Å². The van der Waals surface area contributed by atoms with Crippen LogP contribution in [0, 0.1) is 0 Å². The molecule has 2 aromatic heterocycles. The number of ether oxygens (including phenoxy) is 6. The fraction of sp³-hybridized carbons (Fsp3) is 0.312. The summed E-state index contributed by atoms with van der Waals surface area (Å²) in [6, 6.07) is 14.0. The molecule has 13 nitrogen and oxygen atoms in total. The van der Waals surface area contributed by atoms with Crippen LogP contribution in [0.15, 0.2) is 69.4 Å². The number of aromatic nitrogens is 1. The highest BCUT2D eigenvalue weighted by atomic mass is 32.1. The van der Waals surface area contributed by atoms with Gasteiger partial charge in [0.15, 0.2) is 12.2 Å². The summed E-state index contributed by atoms with van der Waals surface area (Å²) in [5.41, 5.74) is 1.53. The first-order valence-corrected chi connectivity index (χ1v) is 14.9. The minimum atomic E-state index is -1.45. The molecule has 14 heteroatoms. The fourth-order valence-corrected chi connectivity index (χ4v) is 5.71. The van der Waals surface area contributed by atoms with Crippen LogP contribution >= 0.6 is 11.3 Å². The second kappa shape index (κ2) is 13.9. The highest BCUT2D eigenvalue weighted by Gasteiger charge is 2.53. The van der Waals surface area contributed by atoms with Crippen molar-refractivity contribution in [2.75, 3.05) is 6.61 Å². The van der Waals surface area contributed by atoms with Crippen LogP contribution in [0.4, 0.5) is 0 Å². The minimum Gasteiger partial charge on any atom is -0.463 e. The van der Waals surface area contributed by atoms with Crippen molar-refractivity contribution < 1.29 is 52.0 Å². The minimum absolute atomic E-state index is 0.129. The molecule has 5 rings (SSSR count). The lowest BCUT2D eigenvalue weighted by Gasteiger charge is -2.43. The Morgan fingerprint density at radius 2 is 1.52 bits per heavy atom. The molecule has 240 valence electrons. The van der Waals surface area contributed by atoms with Crippen LogP contribution in [0.3, 0.4) is 0 Å². The van der Waals surface area contributed by atoms with Crippen LogP contribution < -0.4 is 10.2 Å². The van der Waals surface area contributed by atoms with Crippen LogP contribution in [0.2, 0.25) is 0 Å². The quantitative estimate of drug-likeness (QED) is 0.188. The molecule has 4 aromatic rings. The number of carbonyl (C=O) groups excluding carboxylic acids is 4. The van der Waals surface area contributed by atoms with Crippen molar-refractivity contribution in [2.45, 2.75) is 58.4 Å². The first kappa shape index (κ1) is 32.3. The molecule has 3 heterocycles. The summed E-state index contributed by atoms with van der Waals surface area (Å²) < 4.78 is 39.2. The standard InChI is InChI=1S/C32H29NO12S/c1-16(34)39-14-26-28(41-17(2)35)29(42-18(3)36)30(43-19(4)37)32(45-26)44-21-10-11-22-25(12-21)40-13-23(27(22)38)24-15-46-31(33-24)20-8-6-5-7-9-20/h5-13,15,26,28-30,32H,14H2,1-4H3/t26-,28-,29+,30-,32-/m1/s1. The van der Waals surface area contributed by atoms with E-state index in [0.29, 0.717) is 5.69 Å². The number of rotatable bonds is 9. The van der Waals surface area contributed by atoms with Crippen LogP contribution in [-0.2, 0) is 42.9 Å². The average molecular weight is 652 g/mol. The Morgan fingerprint density at radius 1 is 0.848 bits per heavy atom. The molecule has 0 amide bonds. The maximum absolute atomic E-state index is 13.4. The lowest BCUT2D eigenvalue weighted by atomic mass is 9.98. The number of thiazole rings is 1. The normalized spacial score (nSPS) is 20.8. The number of esters is 4. The van der Waals surface area contributed by atoms with Gasteiger partial charge in [-0.05, 0) is 12.1 Å². The van der Waals surface area contributed by atoms with Crippen LogP contribution in [0.25, 0.3) is 32.8 Å². The predicted octanol–water partition coefficient (Wildman–Crippen LogP) is 4.05. The smallest absolute Gasteiger partial charge is 0.303 e.